The van der Waals surface area contributed by atoms with E-state index in [-0.39, 0.29) is 33.2 Å². The van der Waals surface area contributed by atoms with Crippen molar-refractivity contribution in [3.8, 4) is 22.4 Å². The molecule has 41 heavy (non-hydrogen) atoms. The number of nitrogens with zero attached hydrogens (tertiary/aromatic N) is 1. The number of rotatable bonds is 3. The third-order valence-electron chi connectivity index (χ3n) is 9.93. The molecule has 2 saturated carbocycles. The van der Waals surface area contributed by atoms with Crippen molar-refractivity contribution in [1.29, 1.82) is 0 Å². The lowest BCUT2D eigenvalue weighted by Gasteiger charge is -2.43. The van der Waals surface area contributed by atoms with E-state index in [1.165, 1.54) is 37.6 Å². The van der Waals surface area contributed by atoms with Crippen LogP contribution in [0, 0.1) is 32.9 Å². The van der Waals surface area contributed by atoms with Gasteiger partial charge in [0.2, 0.25) is 5.69 Å². The van der Waals surface area contributed by atoms with Gasteiger partial charge in [-0.15, -0.1) is 0 Å². The van der Waals surface area contributed by atoms with Crippen LogP contribution in [0.15, 0.2) is 65.2 Å². The zero-order chi connectivity index (χ0) is 36.7. The van der Waals surface area contributed by atoms with Gasteiger partial charge in [-0.3, -0.25) is 0 Å². The summed E-state index contributed by atoms with van der Waals surface area (Å²) < 4.78 is 95.6. The van der Waals surface area contributed by atoms with Gasteiger partial charge in [0, 0.05) is 36.1 Å². The molecule has 0 unspecified atom stereocenters. The Balaban J connectivity index is 1.49. The van der Waals surface area contributed by atoms with Crippen LogP contribution in [0.3, 0.4) is 0 Å². The molecule has 2 aliphatic carbocycles. The average Bonchev–Trinajstić information content (AvgIpc) is 3.44. The Morgan fingerprint density at radius 3 is 2.27 bits per heavy atom. The number of pyridine rings is 1. The smallest absolute Gasteiger partial charge is 0.216 e. The number of aromatic nitrogens is 1. The molecule has 2 nitrogen and oxygen atoms in total. The van der Waals surface area contributed by atoms with E-state index in [2.05, 4.69) is 0 Å². The fraction of sp³-hybridized carbons (Fsp3) is 0.410. The monoisotopic (exact) mass is 552 g/mol. The van der Waals surface area contributed by atoms with E-state index >= 15 is 0 Å². The van der Waals surface area contributed by atoms with Crippen molar-refractivity contribution in [2.75, 3.05) is 0 Å². The Labute approximate surface area is 259 Å². The molecule has 0 amide bonds. The second-order valence-electron chi connectivity index (χ2n) is 12.4. The van der Waals surface area contributed by atoms with E-state index in [4.69, 9.17) is 16.8 Å². The van der Waals surface area contributed by atoms with Gasteiger partial charge in [0.15, 0.2) is 6.20 Å². The Morgan fingerprint density at radius 2 is 1.54 bits per heavy atom. The average molecular weight is 553 g/mol. The number of hydrogen-bond acceptors (Lipinski definition) is 1. The van der Waals surface area contributed by atoms with E-state index in [0.717, 1.165) is 42.0 Å². The van der Waals surface area contributed by atoms with E-state index in [0.29, 0.717) is 40.8 Å². The van der Waals surface area contributed by atoms with Crippen LogP contribution in [-0.2, 0) is 7.05 Å². The summed E-state index contributed by atoms with van der Waals surface area (Å²) in [5, 5.41) is 1.79. The highest BCUT2D eigenvalue weighted by Crippen LogP contribution is 2.51. The molecule has 2 heterocycles. The Hall–Kier alpha value is -3.39. The molecular weight excluding hydrogens is 498 g/mol. The first kappa shape index (κ1) is 17.5. The summed E-state index contributed by atoms with van der Waals surface area (Å²) in [5.41, 5.74) is 3.14. The lowest BCUT2D eigenvalue weighted by atomic mass is 9.62. The number of aryl methyl sites for hydroxylation is 5. The third kappa shape index (κ3) is 4.51. The topological polar surface area (TPSA) is 17.0 Å². The molecule has 2 fully saturated rings. The normalized spacial score (nSPS) is 22.9. The molecule has 0 aliphatic heterocycles. The number of benzene rings is 3. The molecule has 0 bridgehead atoms. The molecule has 0 atom stereocenters. The largest absolute Gasteiger partial charge is 0.455 e. The van der Waals surface area contributed by atoms with Crippen LogP contribution in [-0.4, -0.2) is 0 Å². The summed E-state index contributed by atoms with van der Waals surface area (Å²) in [6.07, 6.45) is 10.0. The van der Waals surface area contributed by atoms with Gasteiger partial charge in [0.25, 0.3) is 0 Å². The van der Waals surface area contributed by atoms with Gasteiger partial charge in [0.1, 0.15) is 18.2 Å². The van der Waals surface area contributed by atoms with Crippen molar-refractivity contribution in [1.82, 2.24) is 0 Å². The lowest BCUT2D eigenvalue weighted by Crippen LogP contribution is -2.31. The fourth-order valence-corrected chi connectivity index (χ4v) is 7.62. The molecule has 2 aromatic heterocycles. The first-order valence-corrected chi connectivity index (χ1v) is 15.0. The van der Waals surface area contributed by atoms with Crippen LogP contribution in [0.4, 0.5) is 0 Å². The molecule has 5 aromatic rings. The van der Waals surface area contributed by atoms with Crippen LogP contribution >= 0.6 is 0 Å². The summed E-state index contributed by atoms with van der Waals surface area (Å²) in [6, 6.07) is 16.2. The van der Waals surface area contributed by atoms with Crippen molar-refractivity contribution in [3.63, 3.8) is 0 Å². The van der Waals surface area contributed by atoms with Crippen molar-refractivity contribution in [2.24, 2.45) is 12.5 Å². The van der Waals surface area contributed by atoms with Gasteiger partial charge >= 0.3 is 0 Å². The van der Waals surface area contributed by atoms with E-state index in [1.54, 1.807) is 17.7 Å². The minimum Gasteiger partial charge on any atom is -0.455 e. The van der Waals surface area contributed by atoms with E-state index < -0.39 is 26.4 Å². The molecule has 3 aromatic carbocycles. The second kappa shape index (κ2) is 10.2. The predicted octanol–water partition coefficient (Wildman–Crippen LogP) is 10.6. The fourth-order valence-electron chi connectivity index (χ4n) is 7.62. The van der Waals surface area contributed by atoms with Crippen LogP contribution < -0.4 is 4.57 Å². The van der Waals surface area contributed by atoms with Gasteiger partial charge in [-0.25, -0.2) is 4.57 Å². The second-order valence-corrected chi connectivity index (χ2v) is 12.4. The summed E-state index contributed by atoms with van der Waals surface area (Å²) in [6.45, 7) is -6.40. The number of para-hydroxylation sites is 1. The minimum atomic E-state index is -2.81. The van der Waals surface area contributed by atoms with Crippen LogP contribution in [0.1, 0.15) is 105 Å². The summed E-state index contributed by atoms with van der Waals surface area (Å²) >= 11 is 0. The maximum atomic E-state index is 9.63. The molecule has 2 heteroatoms. The van der Waals surface area contributed by atoms with Gasteiger partial charge in [0.05, 0.1) is 5.56 Å². The molecular formula is C39H44NO+. The quantitative estimate of drug-likeness (QED) is 0.203. The Bertz CT molecular complexity index is 2100. The van der Waals surface area contributed by atoms with E-state index in [1.807, 2.05) is 43.3 Å². The standard InChI is InChI=1S/C39H44NO/c1-25-13-14-32-31-11-7-8-12-35(31)41-38(32)37(25)34-23-33(28(4)24-40(34)5)36-26(2)21-30(22-27(36)3)29-15-19-39(20-16-29)17-9-6-10-18-39/h7-8,11-14,21-24,29H,6,9-10,15-20H2,1-5H3/q+1/i2D3,3D3,4D3,29D. The zero-order valence-corrected chi connectivity index (χ0v) is 24.0. The van der Waals surface area contributed by atoms with Crippen molar-refractivity contribution >= 4 is 21.9 Å². The molecule has 2 aliphatic rings. The molecule has 1 spiro atoms. The first-order valence-electron chi connectivity index (χ1n) is 20.0. The SMILES string of the molecule is [2H]C([2H])([2H])c1c[n+](C)c(-c2c(C)ccc3c2oc2ccccc23)cc1-c1c(C([2H])([2H])[2H])cc(C2([2H])CCC3(CCCCC3)CC2)cc1C([2H])([2H])[2H]. The van der Waals surface area contributed by atoms with Crippen molar-refractivity contribution in [3.05, 3.63) is 88.6 Å². The zero-order valence-electron chi connectivity index (χ0n) is 34.0. The highest BCUT2D eigenvalue weighted by Gasteiger charge is 2.36. The van der Waals surface area contributed by atoms with E-state index in [9.17, 15) is 1.37 Å². The molecule has 0 radical (unpaired) electrons. The summed E-state index contributed by atoms with van der Waals surface area (Å²) in [4.78, 5) is 0. The van der Waals surface area contributed by atoms with Gasteiger partial charge in [-0.2, -0.15) is 0 Å². The summed E-state index contributed by atoms with van der Waals surface area (Å²) in [5.74, 6) is -1.16. The molecule has 0 N–H and O–H groups in total. The summed E-state index contributed by atoms with van der Waals surface area (Å²) in [7, 11) is 1.72. The van der Waals surface area contributed by atoms with Crippen LogP contribution in [0.2, 0.25) is 0 Å². The molecule has 7 rings (SSSR count). The predicted molar refractivity (Wildman–Crippen MR) is 171 cm³/mol. The van der Waals surface area contributed by atoms with Crippen molar-refractivity contribution in [2.45, 2.75) is 91.2 Å². The van der Waals surface area contributed by atoms with Gasteiger partial charge < -0.3 is 4.42 Å². The number of hydrogen-bond donors (Lipinski definition) is 0. The first-order chi connectivity index (χ1) is 23.8. The van der Waals surface area contributed by atoms with Crippen molar-refractivity contribution < 1.29 is 22.7 Å². The van der Waals surface area contributed by atoms with Crippen LogP contribution in [0.5, 0.6) is 0 Å². The number of fused-ring (bicyclic) bond motifs is 3. The highest BCUT2D eigenvalue weighted by molar-refractivity contribution is 6.09. The highest BCUT2D eigenvalue weighted by atomic mass is 16.3. The van der Waals surface area contributed by atoms with Crippen LogP contribution in [0.25, 0.3) is 44.3 Å². The Kier molecular flexibility index (Phi) is 4.34. The third-order valence-corrected chi connectivity index (χ3v) is 9.93. The molecule has 210 valence electrons. The maximum Gasteiger partial charge on any atom is 0.216 e. The van der Waals surface area contributed by atoms with Gasteiger partial charge in [-0.05, 0) is 117 Å². The maximum absolute atomic E-state index is 9.63. The van der Waals surface area contributed by atoms with Gasteiger partial charge in [-0.1, -0.05) is 61.7 Å². The Morgan fingerprint density at radius 1 is 0.805 bits per heavy atom. The minimum absolute atomic E-state index is 0.0169. The molecule has 0 saturated heterocycles. The number of furan rings is 1. The lowest BCUT2D eigenvalue weighted by molar-refractivity contribution is -0.660.